The number of hydrogen-bond donors (Lipinski definition) is 0. The summed E-state index contributed by atoms with van der Waals surface area (Å²) >= 11 is 1.09. The molecule has 0 saturated carbocycles. The molecule has 0 atom stereocenters. The van der Waals surface area contributed by atoms with E-state index in [1.807, 2.05) is 0 Å². The second kappa shape index (κ2) is 7.47. The Balaban J connectivity index is 1.53. The molecule has 0 bridgehead atoms. The van der Waals surface area contributed by atoms with Crippen molar-refractivity contribution in [2.45, 2.75) is 16.4 Å². The predicted molar refractivity (Wildman–Crippen MR) is 103 cm³/mol. The van der Waals surface area contributed by atoms with E-state index >= 15 is 0 Å². The molecular formula is C19H10F3N7OS. The summed E-state index contributed by atoms with van der Waals surface area (Å²) in [6, 6.07) is 11.8. The molecule has 4 aromatic heterocycles. The Labute approximate surface area is 176 Å². The first-order valence-corrected chi connectivity index (χ1v) is 9.60. The number of alkyl halides is 3. The topological polar surface area (TPSA) is 94.9 Å². The van der Waals surface area contributed by atoms with Gasteiger partial charge >= 0.3 is 6.18 Å². The molecule has 0 radical (unpaired) electrons. The number of halogens is 3. The number of fused-ring (bicyclic) bond motifs is 1. The highest BCUT2D eigenvalue weighted by Crippen LogP contribution is 2.34. The lowest BCUT2D eigenvalue weighted by Gasteiger charge is -2.09. The van der Waals surface area contributed by atoms with Gasteiger partial charge in [-0.2, -0.15) is 27.8 Å². The third kappa shape index (κ3) is 3.84. The fourth-order valence-corrected chi connectivity index (χ4v) is 3.56. The van der Waals surface area contributed by atoms with Crippen molar-refractivity contribution in [3.05, 3.63) is 66.6 Å². The molecule has 31 heavy (non-hydrogen) atoms. The van der Waals surface area contributed by atoms with Crippen molar-refractivity contribution in [3.63, 3.8) is 0 Å². The lowest BCUT2D eigenvalue weighted by Crippen LogP contribution is -2.05. The van der Waals surface area contributed by atoms with E-state index in [1.54, 1.807) is 36.5 Å². The average molecular weight is 441 g/mol. The Kier molecular flexibility index (Phi) is 4.62. The Morgan fingerprint density at radius 2 is 1.84 bits per heavy atom. The molecule has 5 rings (SSSR count). The van der Waals surface area contributed by atoms with Crippen LogP contribution in [0, 0.1) is 0 Å². The lowest BCUT2D eigenvalue weighted by atomic mass is 10.1. The quantitative estimate of drug-likeness (QED) is 0.379. The molecule has 0 aliphatic carbocycles. The van der Waals surface area contributed by atoms with Crippen molar-refractivity contribution < 1.29 is 17.6 Å². The Morgan fingerprint density at radius 3 is 2.65 bits per heavy atom. The first-order chi connectivity index (χ1) is 15.0. The van der Waals surface area contributed by atoms with Crippen LogP contribution in [0.5, 0.6) is 0 Å². The second-order valence-electron chi connectivity index (χ2n) is 6.22. The van der Waals surface area contributed by atoms with Gasteiger partial charge in [0.15, 0.2) is 0 Å². The van der Waals surface area contributed by atoms with Crippen molar-refractivity contribution in [3.8, 4) is 22.8 Å². The van der Waals surface area contributed by atoms with E-state index in [9.17, 15) is 13.2 Å². The molecule has 4 heterocycles. The molecule has 1 aromatic carbocycles. The van der Waals surface area contributed by atoms with Crippen LogP contribution in [0.25, 0.3) is 28.6 Å². The summed E-state index contributed by atoms with van der Waals surface area (Å²) in [5.74, 6) is 0.465. The molecule has 0 amide bonds. The van der Waals surface area contributed by atoms with Crippen LogP contribution in [-0.2, 0) is 6.18 Å². The SMILES string of the molecule is FC(F)(F)c1cccc(-c2cc(Sc3nnc(-c4ccccn4)o3)n3ncnc3n2)c1. The standard InChI is InChI=1S/C19H10F3N7OS/c20-19(21,22)12-5-3-4-11(8-12)14-9-15(29-17(26-14)24-10-25-29)31-18-28-27-16(30-18)13-6-1-2-7-23-13/h1-10H. The van der Waals surface area contributed by atoms with Gasteiger partial charge in [-0.3, -0.25) is 4.98 Å². The first kappa shape index (κ1) is 19.2. The van der Waals surface area contributed by atoms with Crippen LogP contribution in [0.1, 0.15) is 5.56 Å². The van der Waals surface area contributed by atoms with Crippen molar-refractivity contribution in [2.75, 3.05) is 0 Å². The van der Waals surface area contributed by atoms with Crippen molar-refractivity contribution in [1.29, 1.82) is 0 Å². The van der Waals surface area contributed by atoms with Gasteiger partial charge in [0.05, 0.1) is 11.3 Å². The molecular weight excluding hydrogens is 431 g/mol. The zero-order chi connectivity index (χ0) is 21.4. The van der Waals surface area contributed by atoms with E-state index in [1.165, 1.54) is 16.9 Å². The maximum Gasteiger partial charge on any atom is 0.416 e. The summed E-state index contributed by atoms with van der Waals surface area (Å²) in [5, 5.41) is 12.8. The molecule has 0 unspecified atom stereocenters. The van der Waals surface area contributed by atoms with E-state index in [4.69, 9.17) is 4.42 Å². The van der Waals surface area contributed by atoms with E-state index in [0.717, 1.165) is 23.9 Å². The summed E-state index contributed by atoms with van der Waals surface area (Å²) in [5.41, 5.74) is 0.354. The Bertz CT molecular complexity index is 1370. The number of nitrogens with zero attached hydrogens (tertiary/aromatic N) is 7. The number of pyridine rings is 1. The molecule has 0 saturated heterocycles. The Hall–Kier alpha value is -3.80. The van der Waals surface area contributed by atoms with Gasteiger partial charge in [-0.15, -0.1) is 10.2 Å². The summed E-state index contributed by atoms with van der Waals surface area (Å²) in [4.78, 5) is 12.5. The normalized spacial score (nSPS) is 11.8. The molecule has 0 aliphatic heterocycles. The van der Waals surface area contributed by atoms with Crippen LogP contribution in [0.15, 0.2) is 75.7 Å². The molecule has 0 aliphatic rings. The summed E-state index contributed by atoms with van der Waals surface area (Å²) < 4.78 is 46.4. The third-order valence-corrected chi connectivity index (χ3v) is 5.03. The van der Waals surface area contributed by atoms with E-state index in [2.05, 4.69) is 30.2 Å². The number of benzene rings is 1. The molecule has 12 heteroatoms. The summed E-state index contributed by atoms with van der Waals surface area (Å²) in [6.07, 6.45) is -1.55. The molecule has 0 spiro atoms. The van der Waals surface area contributed by atoms with Gasteiger partial charge in [0.1, 0.15) is 17.0 Å². The largest absolute Gasteiger partial charge is 0.416 e. The van der Waals surface area contributed by atoms with Gasteiger partial charge in [-0.05, 0) is 42.1 Å². The van der Waals surface area contributed by atoms with Crippen molar-refractivity contribution in [2.24, 2.45) is 0 Å². The van der Waals surface area contributed by atoms with E-state index in [-0.39, 0.29) is 16.9 Å². The van der Waals surface area contributed by atoms with Gasteiger partial charge in [0.2, 0.25) is 0 Å². The highest BCUT2D eigenvalue weighted by molar-refractivity contribution is 7.99. The van der Waals surface area contributed by atoms with Gasteiger partial charge < -0.3 is 4.42 Å². The van der Waals surface area contributed by atoms with Crippen LogP contribution in [0.2, 0.25) is 0 Å². The summed E-state index contributed by atoms with van der Waals surface area (Å²) in [6.45, 7) is 0. The van der Waals surface area contributed by atoms with Gasteiger partial charge in [0.25, 0.3) is 16.9 Å². The molecule has 8 nitrogen and oxygen atoms in total. The molecule has 0 N–H and O–H groups in total. The maximum absolute atomic E-state index is 13.1. The monoisotopic (exact) mass is 441 g/mol. The van der Waals surface area contributed by atoms with Crippen LogP contribution in [-0.4, -0.2) is 34.8 Å². The zero-order valence-corrected chi connectivity index (χ0v) is 16.2. The van der Waals surface area contributed by atoms with Crippen LogP contribution >= 0.6 is 11.8 Å². The number of hydrogen-bond acceptors (Lipinski definition) is 8. The zero-order valence-electron chi connectivity index (χ0n) is 15.4. The van der Waals surface area contributed by atoms with Gasteiger partial charge in [-0.25, -0.2) is 4.98 Å². The van der Waals surface area contributed by atoms with Gasteiger partial charge in [-0.1, -0.05) is 18.2 Å². The van der Waals surface area contributed by atoms with Crippen LogP contribution in [0.4, 0.5) is 13.2 Å². The molecule has 0 fully saturated rings. The minimum absolute atomic E-state index is 0.207. The third-order valence-electron chi connectivity index (χ3n) is 4.19. The van der Waals surface area contributed by atoms with Crippen LogP contribution < -0.4 is 0 Å². The highest BCUT2D eigenvalue weighted by Gasteiger charge is 2.30. The second-order valence-corrected chi connectivity index (χ2v) is 7.19. The minimum Gasteiger partial charge on any atom is -0.409 e. The molecule has 154 valence electrons. The predicted octanol–water partition coefficient (Wildman–Crippen LogP) is 4.41. The van der Waals surface area contributed by atoms with Crippen molar-refractivity contribution in [1.82, 2.24) is 34.8 Å². The fraction of sp³-hybridized carbons (Fsp3) is 0.0526. The number of aromatic nitrogens is 7. The fourth-order valence-electron chi connectivity index (χ4n) is 2.79. The Morgan fingerprint density at radius 1 is 0.935 bits per heavy atom. The molecule has 5 aromatic rings. The van der Waals surface area contributed by atoms with Gasteiger partial charge in [0, 0.05) is 11.8 Å². The highest BCUT2D eigenvalue weighted by atomic mass is 32.2. The average Bonchev–Trinajstić information content (AvgIpc) is 3.43. The smallest absolute Gasteiger partial charge is 0.409 e. The maximum atomic E-state index is 13.1. The van der Waals surface area contributed by atoms with Crippen LogP contribution in [0.3, 0.4) is 0 Å². The first-order valence-electron chi connectivity index (χ1n) is 8.78. The van der Waals surface area contributed by atoms with E-state index in [0.29, 0.717) is 22.0 Å². The summed E-state index contributed by atoms with van der Waals surface area (Å²) in [7, 11) is 0. The minimum atomic E-state index is -4.46. The number of rotatable bonds is 4. The van der Waals surface area contributed by atoms with E-state index < -0.39 is 11.7 Å². The van der Waals surface area contributed by atoms with Crippen molar-refractivity contribution >= 4 is 17.5 Å². The lowest BCUT2D eigenvalue weighted by molar-refractivity contribution is -0.137.